The molecule has 1 aliphatic rings. The molecular formula is C14H21N3O. The molecule has 0 bridgehead atoms. The van der Waals surface area contributed by atoms with E-state index in [0.29, 0.717) is 6.54 Å². The monoisotopic (exact) mass is 247 g/mol. The van der Waals surface area contributed by atoms with Crippen LogP contribution in [-0.4, -0.2) is 56.0 Å². The van der Waals surface area contributed by atoms with Crippen LogP contribution in [0.1, 0.15) is 11.6 Å². The van der Waals surface area contributed by atoms with Crippen molar-refractivity contribution in [1.82, 2.24) is 15.1 Å². The summed E-state index contributed by atoms with van der Waals surface area (Å²) in [5.41, 5.74) is 1.22. The van der Waals surface area contributed by atoms with E-state index < -0.39 is 0 Å². The van der Waals surface area contributed by atoms with Gasteiger partial charge in [-0.3, -0.25) is 4.79 Å². The van der Waals surface area contributed by atoms with E-state index in [4.69, 9.17) is 0 Å². The SMILES string of the molecule is CNCC(=O)N1CCN(C)CC1c1ccccc1. The highest BCUT2D eigenvalue weighted by Gasteiger charge is 2.29. The van der Waals surface area contributed by atoms with E-state index in [1.165, 1.54) is 5.56 Å². The Morgan fingerprint density at radius 2 is 2.06 bits per heavy atom. The number of likely N-dealkylation sites (N-methyl/N-ethyl adjacent to an activating group) is 2. The van der Waals surface area contributed by atoms with Gasteiger partial charge in [0.25, 0.3) is 0 Å². The Morgan fingerprint density at radius 3 is 2.72 bits per heavy atom. The summed E-state index contributed by atoms with van der Waals surface area (Å²) in [6.07, 6.45) is 0. The average molecular weight is 247 g/mol. The normalized spacial score (nSPS) is 21.0. The fourth-order valence-corrected chi connectivity index (χ4v) is 2.43. The van der Waals surface area contributed by atoms with Crippen molar-refractivity contribution >= 4 is 5.91 Å². The van der Waals surface area contributed by atoms with E-state index in [1.807, 2.05) is 30.1 Å². The second kappa shape index (κ2) is 5.98. The maximum atomic E-state index is 12.1. The van der Waals surface area contributed by atoms with Crippen molar-refractivity contribution < 1.29 is 4.79 Å². The second-order valence-electron chi connectivity index (χ2n) is 4.81. The summed E-state index contributed by atoms with van der Waals surface area (Å²) < 4.78 is 0. The number of amides is 1. The third-order valence-corrected chi connectivity index (χ3v) is 3.42. The number of piperazine rings is 1. The van der Waals surface area contributed by atoms with Crippen LogP contribution in [0.25, 0.3) is 0 Å². The first-order valence-electron chi connectivity index (χ1n) is 6.40. The Bertz CT molecular complexity index is 393. The molecule has 18 heavy (non-hydrogen) atoms. The van der Waals surface area contributed by atoms with Crippen LogP contribution >= 0.6 is 0 Å². The lowest BCUT2D eigenvalue weighted by Gasteiger charge is -2.40. The summed E-state index contributed by atoms with van der Waals surface area (Å²) in [5, 5.41) is 2.94. The summed E-state index contributed by atoms with van der Waals surface area (Å²) in [4.78, 5) is 16.4. The van der Waals surface area contributed by atoms with Crippen LogP contribution in [0.4, 0.5) is 0 Å². The first-order chi connectivity index (χ1) is 8.72. The summed E-state index contributed by atoms with van der Waals surface area (Å²) in [6.45, 7) is 3.06. The van der Waals surface area contributed by atoms with Crippen LogP contribution in [0.2, 0.25) is 0 Å². The predicted molar refractivity (Wildman–Crippen MR) is 72.3 cm³/mol. The molecule has 4 heteroatoms. The molecule has 1 aliphatic heterocycles. The van der Waals surface area contributed by atoms with Gasteiger partial charge in [0, 0.05) is 19.6 Å². The first-order valence-corrected chi connectivity index (χ1v) is 6.40. The molecule has 1 unspecified atom stereocenters. The number of nitrogens with one attached hydrogen (secondary N) is 1. The van der Waals surface area contributed by atoms with Gasteiger partial charge in [-0.05, 0) is 19.7 Å². The summed E-state index contributed by atoms with van der Waals surface area (Å²) >= 11 is 0. The maximum absolute atomic E-state index is 12.1. The van der Waals surface area contributed by atoms with E-state index in [9.17, 15) is 4.79 Å². The lowest BCUT2D eigenvalue weighted by molar-refractivity contribution is -0.135. The average Bonchev–Trinajstić information content (AvgIpc) is 2.40. The van der Waals surface area contributed by atoms with E-state index in [0.717, 1.165) is 19.6 Å². The molecule has 0 radical (unpaired) electrons. The molecule has 0 spiro atoms. The zero-order valence-corrected chi connectivity index (χ0v) is 11.1. The topological polar surface area (TPSA) is 35.6 Å². The molecule has 1 fully saturated rings. The molecule has 0 aliphatic carbocycles. The second-order valence-corrected chi connectivity index (χ2v) is 4.81. The van der Waals surface area contributed by atoms with Gasteiger partial charge in [0.1, 0.15) is 0 Å². The van der Waals surface area contributed by atoms with Gasteiger partial charge in [0.15, 0.2) is 0 Å². The molecule has 1 aromatic carbocycles. The molecule has 1 saturated heterocycles. The van der Waals surface area contributed by atoms with Gasteiger partial charge in [0.05, 0.1) is 12.6 Å². The minimum absolute atomic E-state index is 0.172. The van der Waals surface area contributed by atoms with Gasteiger partial charge in [-0.15, -0.1) is 0 Å². The van der Waals surface area contributed by atoms with Crippen molar-refractivity contribution in [2.24, 2.45) is 0 Å². The van der Waals surface area contributed by atoms with Gasteiger partial charge in [-0.1, -0.05) is 30.3 Å². The largest absolute Gasteiger partial charge is 0.332 e. The van der Waals surface area contributed by atoms with E-state index in [-0.39, 0.29) is 11.9 Å². The van der Waals surface area contributed by atoms with Crippen molar-refractivity contribution in [2.75, 3.05) is 40.3 Å². The van der Waals surface area contributed by atoms with Crippen LogP contribution in [0.5, 0.6) is 0 Å². The molecule has 0 saturated carbocycles. The molecule has 1 aromatic rings. The maximum Gasteiger partial charge on any atom is 0.237 e. The summed E-state index contributed by atoms with van der Waals surface area (Å²) in [7, 11) is 3.92. The molecule has 98 valence electrons. The third kappa shape index (κ3) is 2.89. The van der Waals surface area contributed by atoms with Gasteiger partial charge < -0.3 is 15.1 Å². The lowest BCUT2D eigenvalue weighted by atomic mass is 10.0. The van der Waals surface area contributed by atoms with Gasteiger partial charge in [-0.2, -0.15) is 0 Å². The smallest absolute Gasteiger partial charge is 0.237 e. The van der Waals surface area contributed by atoms with Crippen LogP contribution in [0, 0.1) is 0 Å². The summed E-state index contributed by atoms with van der Waals surface area (Å²) in [5.74, 6) is 0.180. The number of carbonyl (C=O) groups excluding carboxylic acids is 1. The fraction of sp³-hybridized carbons (Fsp3) is 0.500. The van der Waals surface area contributed by atoms with Gasteiger partial charge in [0.2, 0.25) is 5.91 Å². The van der Waals surface area contributed by atoms with E-state index >= 15 is 0 Å². The van der Waals surface area contributed by atoms with E-state index in [1.54, 1.807) is 0 Å². The number of carbonyl (C=O) groups is 1. The Morgan fingerprint density at radius 1 is 1.33 bits per heavy atom. The zero-order valence-electron chi connectivity index (χ0n) is 11.1. The molecule has 4 nitrogen and oxygen atoms in total. The van der Waals surface area contributed by atoms with Gasteiger partial charge >= 0.3 is 0 Å². The highest BCUT2D eigenvalue weighted by Crippen LogP contribution is 2.24. The molecular weight excluding hydrogens is 226 g/mol. The summed E-state index contributed by atoms with van der Waals surface area (Å²) in [6, 6.07) is 10.4. The predicted octanol–water partition coefficient (Wildman–Crippen LogP) is 0.721. The minimum Gasteiger partial charge on any atom is -0.332 e. The third-order valence-electron chi connectivity index (χ3n) is 3.42. The van der Waals surface area contributed by atoms with Crippen LogP contribution in [-0.2, 0) is 4.79 Å². The quantitative estimate of drug-likeness (QED) is 0.855. The first kappa shape index (κ1) is 13.1. The number of rotatable bonds is 3. The molecule has 1 N–H and O–H groups in total. The van der Waals surface area contributed by atoms with Crippen molar-refractivity contribution in [2.45, 2.75) is 6.04 Å². The number of hydrogen-bond acceptors (Lipinski definition) is 3. The molecule has 1 heterocycles. The van der Waals surface area contributed by atoms with Crippen molar-refractivity contribution in [3.8, 4) is 0 Å². The fourth-order valence-electron chi connectivity index (χ4n) is 2.43. The van der Waals surface area contributed by atoms with Crippen LogP contribution < -0.4 is 5.32 Å². The number of benzene rings is 1. The standard InChI is InChI=1S/C14H21N3O/c1-15-10-14(18)17-9-8-16(2)11-13(17)12-6-4-3-5-7-12/h3-7,13,15H,8-11H2,1-2H3. The van der Waals surface area contributed by atoms with Crippen LogP contribution in [0.15, 0.2) is 30.3 Å². The number of hydrogen-bond donors (Lipinski definition) is 1. The lowest BCUT2D eigenvalue weighted by Crippen LogP contribution is -2.51. The Labute approximate surface area is 109 Å². The molecule has 2 rings (SSSR count). The highest BCUT2D eigenvalue weighted by atomic mass is 16.2. The molecule has 1 amide bonds. The van der Waals surface area contributed by atoms with Gasteiger partial charge in [-0.25, -0.2) is 0 Å². The van der Waals surface area contributed by atoms with Crippen molar-refractivity contribution in [3.05, 3.63) is 35.9 Å². The van der Waals surface area contributed by atoms with Crippen LogP contribution in [0.3, 0.4) is 0 Å². The number of nitrogens with zero attached hydrogens (tertiary/aromatic N) is 2. The van der Waals surface area contributed by atoms with Crippen molar-refractivity contribution in [1.29, 1.82) is 0 Å². The molecule has 0 aromatic heterocycles. The highest BCUT2D eigenvalue weighted by molar-refractivity contribution is 5.79. The molecule has 1 atom stereocenters. The Balaban J connectivity index is 2.19. The zero-order chi connectivity index (χ0) is 13.0. The Hall–Kier alpha value is -1.39. The Kier molecular flexibility index (Phi) is 4.33. The van der Waals surface area contributed by atoms with Crippen molar-refractivity contribution in [3.63, 3.8) is 0 Å². The minimum atomic E-state index is 0.172. The van der Waals surface area contributed by atoms with E-state index in [2.05, 4.69) is 29.4 Å².